The van der Waals surface area contributed by atoms with Gasteiger partial charge in [-0.3, -0.25) is 4.79 Å². The van der Waals surface area contributed by atoms with E-state index in [1.165, 1.54) is 6.92 Å². The number of carbonyl (C=O) groups is 1. The summed E-state index contributed by atoms with van der Waals surface area (Å²) in [7, 11) is 0. The molecule has 0 saturated carbocycles. The van der Waals surface area contributed by atoms with Crippen molar-refractivity contribution in [1.82, 2.24) is 10.8 Å². The Hall–Kier alpha value is -0.610. The fraction of sp³-hybridized carbons (Fsp3) is 0.750. The van der Waals surface area contributed by atoms with Gasteiger partial charge in [0, 0.05) is 8.35 Å². The minimum absolute atomic E-state index is 0. The van der Waals surface area contributed by atoms with Crippen molar-refractivity contribution in [1.29, 1.82) is 0 Å². The Kier molecular flexibility index (Phi) is 3.14. The third kappa shape index (κ3) is 3.58. The lowest BCUT2D eigenvalue weighted by molar-refractivity contribution is -0.120. The van der Waals surface area contributed by atoms with Crippen LogP contribution in [-0.4, -0.2) is 17.3 Å². The summed E-state index contributed by atoms with van der Waals surface area (Å²) in [5.41, 5.74) is 1.86. The minimum Gasteiger partial charge on any atom is -0.339 e. The molecule has 0 spiro atoms. The molecule has 3 N–H and O–H groups in total. The smallest absolute Gasteiger partial charge is 0.218 e. The van der Waals surface area contributed by atoms with Crippen LogP contribution in [0.4, 0.5) is 0 Å². The van der Waals surface area contributed by atoms with Crippen LogP contribution in [0.15, 0.2) is 0 Å². The molecule has 0 aliphatic rings. The largest absolute Gasteiger partial charge is 0.339 e. The van der Waals surface area contributed by atoms with Gasteiger partial charge in [-0.1, -0.05) is 0 Å². The van der Waals surface area contributed by atoms with E-state index in [-0.39, 0.29) is 13.5 Å². The lowest BCUT2D eigenvalue weighted by Gasteiger charge is -2.07. The number of rotatable bonds is 2. The average Bonchev–Trinajstić information content (AvgIpc) is 1.65. The number of carbonyl (C=O) groups excluding carboxylic acids is 1. The van der Waals surface area contributed by atoms with E-state index < -0.39 is 0 Å². The maximum Gasteiger partial charge on any atom is 0.218 e. The van der Waals surface area contributed by atoms with Gasteiger partial charge in [0.05, 0.1) is 6.17 Å². The van der Waals surface area contributed by atoms with Crippen LogP contribution in [0.1, 0.15) is 15.3 Å². The van der Waals surface area contributed by atoms with E-state index in [1.54, 1.807) is 6.92 Å². The van der Waals surface area contributed by atoms with Crippen molar-refractivity contribution in [3.8, 4) is 0 Å². The first kappa shape index (κ1) is 7.39. The summed E-state index contributed by atoms with van der Waals surface area (Å²) in [6.07, 6.45) is -0.368. The summed E-state index contributed by atoms with van der Waals surface area (Å²) < 4.78 is 0. The zero-order valence-corrected chi connectivity index (χ0v) is 4.93. The highest BCUT2D eigenvalue weighted by Crippen LogP contribution is 1.68. The van der Waals surface area contributed by atoms with E-state index in [1.807, 2.05) is 5.48 Å². The summed E-state index contributed by atoms with van der Waals surface area (Å²) in [5.74, 6) is -0.168. The first-order valence-electron chi connectivity index (χ1n) is 2.33. The quantitative estimate of drug-likeness (QED) is 0.346. The second-order valence-corrected chi connectivity index (χ2v) is 1.55. The lowest BCUT2D eigenvalue weighted by atomic mass is 10.5. The monoisotopic (exact) mass is 120 g/mol. The first-order valence-corrected chi connectivity index (χ1v) is 2.33. The summed E-state index contributed by atoms with van der Waals surface area (Å²) in [4.78, 5) is 10.2. The molecule has 0 aliphatic carbocycles. The molecular weight excluding hydrogens is 108 g/mol. The lowest BCUT2D eigenvalue weighted by Crippen LogP contribution is -2.40. The van der Waals surface area contributed by atoms with Gasteiger partial charge >= 0.3 is 0 Å². The van der Waals surface area contributed by atoms with E-state index in [2.05, 4.69) is 5.32 Å². The third-order valence-corrected chi connectivity index (χ3v) is 0.613. The first-order chi connectivity index (χ1) is 3.66. The highest BCUT2D eigenvalue weighted by atomic mass is 16.5. The number of hydrogen-bond donors (Lipinski definition) is 3. The predicted molar refractivity (Wildman–Crippen MR) is 30.3 cm³/mol. The van der Waals surface area contributed by atoms with Gasteiger partial charge in [-0.15, -0.1) is 0 Å². The van der Waals surface area contributed by atoms with Gasteiger partial charge < -0.3 is 10.5 Å². The molecule has 0 aliphatic heterocycles. The fourth-order valence-electron chi connectivity index (χ4n) is 0.337. The summed E-state index contributed by atoms with van der Waals surface area (Å²) in [6.45, 7) is 3.01. The van der Waals surface area contributed by atoms with Crippen molar-refractivity contribution in [3.63, 3.8) is 0 Å². The van der Waals surface area contributed by atoms with Gasteiger partial charge in [0.25, 0.3) is 0 Å². The fourth-order valence-corrected chi connectivity index (χ4v) is 0.337. The molecule has 0 saturated heterocycles. The van der Waals surface area contributed by atoms with Crippen LogP contribution in [0.2, 0.25) is 0 Å². The highest BCUT2D eigenvalue weighted by molar-refractivity contribution is 5.72. The zero-order chi connectivity index (χ0) is 6.57. The summed E-state index contributed by atoms with van der Waals surface area (Å²) in [5, 5.41) is 10.5. The van der Waals surface area contributed by atoms with Crippen LogP contribution in [-0.2, 0) is 4.79 Å². The second kappa shape index (κ2) is 3.40. The van der Waals surface area contributed by atoms with Crippen molar-refractivity contribution in [2.24, 2.45) is 0 Å². The van der Waals surface area contributed by atoms with E-state index in [0.29, 0.717) is 0 Å². The van der Waals surface area contributed by atoms with Crippen molar-refractivity contribution in [3.05, 3.63) is 0 Å². The van der Waals surface area contributed by atoms with Crippen LogP contribution < -0.4 is 10.8 Å². The van der Waals surface area contributed by atoms with Gasteiger partial charge in [0.15, 0.2) is 0 Å². The van der Waals surface area contributed by atoms with Gasteiger partial charge in [0.2, 0.25) is 5.91 Å². The maximum absolute atomic E-state index is 10.2. The van der Waals surface area contributed by atoms with Crippen LogP contribution in [0.25, 0.3) is 0 Å². The van der Waals surface area contributed by atoms with Crippen LogP contribution in [0.5, 0.6) is 0 Å². The molecule has 0 fully saturated rings. The van der Waals surface area contributed by atoms with Crippen molar-refractivity contribution < 1.29 is 11.4 Å². The topological polar surface area (TPSA) is 61.4 Å². The van der Waals surface area contributed by atoms with Crippen LogP contribution in [0, 0.1) is 0 Å². The van der Waals surface area contributed by atoms with Crippen molar-refractivity contribution in [2.75, 3.05) is 0 Å². The van der Waals surface area contributed by atoms with Gasteiger partial charge in [0.1, 0.15) is 0 Å². The number of hydrogen-bond acceptors (Lipinski definition) is 3. The Balaban J connectivity index is 0. The number of hydroxylamine groups is 1. The predicted octanol–water partition coefficient (Wildman–Crippen LogP) is -0.307. The molecular formula is C4H12N2O2. The number of amides is 1. The van der Waals surface area contributed by atoms with Gasteiger partial charge in [-0.25, -0.2) is 0 Å². The molecule has 4 heteroatoms. The molecule has 50 valence electrons. The molecule has 0 aromatic heterocycles. The Bertz CT molecular complexity index is 88.6. The van der Waals surface area contributed by atoms with Crippen LogP contribution in [0.3, 0.4) is 0 Å². The summed E-state index contributed by atoms with van der Waals surface area (Å²) >= 11 is 0. The molecule has 8 heavy (non-hydrogen) atoms. The molecule has 0 bridgehead atoms. The molecule has 1 unspecified atom stereocenters. The van der Waals surface area contributed by atoms with E-state index >= 15 is 0 Å². The van der Waals surface area contributed by atoms with E-state index in [0.717, 1.165) is 0 Å². The molecule has 0 radical (unpaired) electrons. The molecule has 1 atom stereocenters. The second-order valence-electron chi connectivity index (χ2n) is 1.55. The standard InChI is InChI=1S/C4H10N2O2.H2/c1-3(6-8)5-4(2)7;/h3,6,8H,1-2H3,(H,5,7);1H. The molecule has 0 heterocycles. The van der Waals surface area contributed by atoms with Gasteiger partial charge in [-0.05, 0) is 6.92 Å². The minimum atomic E-state index is -0.368. The molecule has 0 rings (SSSR count). The molecule has 4 nitrogen and oxygen atoms in total. The van der Waals surface area contributed by atoms with E-state index in [4.69, 9.17) is 5.21 Å². The third-order valence-electron chi connectivity index (χ3n) is 0.613. The molecule has 0 aromatic carbocycles. The highest BCUT2D eigenvalue weighted by Gasteiger charge is 1.96. The maximum atomic E-state index is 10.2. The molecule has 0 aromatic rings. The van der Waals surface area contributed by atoms with Crippen LogP contribution >= 0.6 is 0 Å². The Morgan fingerprint density at radius 3 is 2.50 bits per heavy atom. The Labute approximate surface area is 49.3 Å². The zero-order valence-electron chi connectivity index (χ0n) is 4.93. The molecule has 1 amide bonds. The average molecular weight is 120 g/mol. The van der Waals surface area contributed by atoms with Gasteiger partial charge in [-0.2, -0.15) is 5.48 Å². The Morgan fingerprint density at radius 2 is 2.38 bits per heavy atom. The SMILES string of the molecule is CC(=O)NC(C)NO.[HH]. The normalized spacial score (nSPS) is 12.9. The van der Waals surface area contributed by atoms with E-state index in [9.17, 15) is 4.79 Å². The van der Waals surface area contributed by atoms with Crippen molar-refractivity contribution in [2.45, 2.75) is 20.0 Å². The Morgan fingerprint density at radius 1 is 1.88 bits per heavy atom. The number of nitrogens with one attached hydrogen (secondary N) is 2. The van der Waals surface area contributed by atoms with Crippen molar-refractivity contribution >= 4 is 5.91 Å². The summed E-state index contributed by atoms with van der Waals surface area (Å²) in [6, 6.07) is 0.